The molecule has 1 heterocycles. The lowest BCUT2D eigenvalue weighted by molar-refractivity contribution is -0.142. The van der Waals surface area contributed by atoms with E-state index in [0.717, 1.165) is 11.5 Å². The van der Waals surface area contributed by atoms with Gasteiger partial charge in [0.15, 0.2) is 0 Å². The quantitative estimate of drug-likeness (QED) is 0.795. The van der Waals surface area contributed by atoms with Gasteiger partial charge in [-0.25, -0.2) is 0 Å². The highest BCUT2D eigenvalue weighted by atomic mass is 32.1. The van der Waals surface area contributed by atoms with Crippen LogP contribution < -0.4 is 10.1 Å². The van der Waals surface area contributed by atoms with Gasteiger partial charge in [-0.1, -0.05) is 13.8 Å². The van der Waals surface area contributed by atoms with Crippen molar-refractivity contribution in [3.63, 3.8) is 0 Å². The van der Waals surface area contributed by atoms with Crippen molar-refractivity contribution in [3.05, 3.63) is 10.9 Å². The number of amides is 1. The van der Waals surface area contributed by atoms with Crippen LogP contribution in [-0.4, -0.2) is 35.0 Å². The average Bonchev–Trinajstić information content (AvgIpc) is 2.82. The Hall–Kier alpha value is -1.63. The molecule has 0 aliphatic rings. The number of carbonyl (C=O) groups excluding carboxylic acids is 1. The third-order valence-electron chi connectivity index (χ3n) is 2.54. The predicted octanol–water partition coefficient (Wildman–Crippen LogP) is 1.63. The Morgan fingerprint density at radius 1 is 1.53 bits per heavy atom. The van der Waals surface area contributed by atoms with E-state index in [0.29, 0.717) is 17.2 Å². The van der Waals surface area contributed by atoms with Crippen LogP contribution in [0.1, 0.15) is 29.9 Å². The van der Waals surface area contributed by atoms with Crippen LogP contribution in [0.4, 0.5) is 0 Å². The fraction of sp³-hybridized carbons (Fsp3) is 0.583. The van der Waals surface area contributed by atoms with Crippen molar-refractivity contribution in [2.24, 2.45) is 11.8 Å². The third-order valence-corrected chi connectivity index (χ3v) is 3.31. The lowest BCUT2D eigenvalue weighted by Gasteiger charge is -2.14. The van der Waals surface area contributed by atoms with E-state index < -0.39 is 11.9 Å². The Bertz CT molecular complexity index is 445. The van der Waals surface area contributed by atoms with Crippen LogP contribution in [0.15, 0.2) is 6.07 Å². The number of carbonyl (C=O) groups is 2. The molecule has 1 rings (SSSR count). The highest BCUT2D eigenvalue weighted by Gasteiger charge is 2.20. The second-order valence-electron chi connectivity index (χ2n) is 4.61. The van der Waals surface area contributed by atoms with E-state index in [9.17, 15) is 9.59 Å². The fourth-order valence-corrected chi connectivity index (χ4v) is 2.23. The van der Waals surface area contributed by atoms with Crippen molar-refractivity contribution in [2.75, 3.05) is 13.7 Å². The molecule has 0 fully saturated rings. The molecule has 7 heteroatoms. The Kier molecular flexibility index (Phi) is 5.75. The highest BCUT2D eigenvalue weighted by Crippen LogP contribution is 2.16. The number of ether oxygens (including phenoxy) is 1. The van der Waals surface area contributed by atoms with Gasteiger partial charge >= 0.3 is 5.97 Å². The summed E-state index contributed by atoms with van der Waals surface area (Å²) in [6.45, 7) is 4.02. The van der Waals surface area contributed by atoms with E-state index in [4.69, 9.17) is 9.84 Å². The third kappa shape index (κ3) is 4.86. The normalized spacial score (nSPS) is 12.2. The monoisotopic (exact) mass is 286 g/mol. The van der Waals surface area contributed by atoms with Gasteiger partial charge in [0.2, 0.25) is 5.88 Å². The van der Waals surface area contributed by atoms with Gasteiger partial charge in [0.05, 0.1) is 13.0 Å². The maximum atomic E-state index is 11.8. The zero-order valence-corrected chi connectivity index (χ0v) is 12.0. The maximum Gasteiger partial charge on any atom is 0.308 e. The summed E-state index contributed by atoms with van der Waals surface area (Å²) in [6.07, 6.45) is 0.529. The molecule has 0 aliphatic carbocycles. The zero-order valence-electron chi connectivity index (χ0n) is 11.2. The van der Waals surface area contributed by atoms with Crippen molar-refractivity contribution < 1.29 is 19.4 Å². The van der Waals surface area contributed by atoms with Gasteiger partial charge < -0.3 is 15.2 Å². The molecule has 1 atom stereocenters. The molecule has 0 saturated heterocycles. The smallest absolute Gasteiger partial charge is 0.308 e. The molecule has 6 nitrogen and oxygen atoms in total. The molecule has 0 bridgehead atoms. The molecule has 1 aromatic rings. The van der Waals surface area contributed by atoms with Crippen LogP contribution in [0.25, 0.3) is 0 Å². The molecular formula is C12H18N2O4S. The van der Waals surface area contributed by atoms with E-state index in [2.05, 4.69) is 9.69 Å². The second-order valence-corrected chi connectivity index (χ2v) is 5.41. The lowest BCUT2D eigenvalue weighted by atomic mass is 9.97. The van der Waals surface area contributed by atoms with E-state index in [1.807, 2.05) is 13.8 Å². The largest absolute Gasteiger partial charge is 0.481 e. The molecule has 0 aromatic carbocycles. The van der Waals surface area contributed by atoms with E-state index in [-0.39, 0.29) is 18.4 Å². The van der Waals surface area contributed by atoms with E-state index >= 15 is 0 Å². The Balaban J connectivity index is 2.54. The number of aliphatic carboxylic acids is 1. The summed E-state index contributed by atoms with van der Waals surface area (Å²) >= 11 is 1.02. The van der Waals surface area contributed by atoms with Gasteiger partial charge in [-0.05, 0) is 23.9 Å². The summed E-state index contributed by atoms with van der Waals surface area (Å²) in [7, 11) is 1.47. The number of aromatic nitrogens is 1. The molecule has 2 N–H and O–H groups in total. The van der Waals surface area contributed by atoms with Gasteiger partial charge in [0, 0.05) is 12.6 Å². The van der Waals surface area contributed by atoms with E-state index in [1.54, 1.807) is 0 Å². The topological polar surface area (TPSA) is 88.5 Å². The molecular weight excluding hydrogens is 268 g/mol. The van der Waals surface area contributed by atoms with Crippen LogP contribution in [0, 0.1) is 11.8 Å². The van der Waals surface area contributed by atoms with Crippen molar-refractivity contribution in [1.82, 2.24) is 9.69 Å². The SMILES string of the molecule is COc1cc(C(=O)NC[C@@H](CC(C)C)C(=O)O)sn1. The van der Waals surface area contributed by atoms with E-state index in [1.165, 1.54) is 13.2 Å². The van der Waals surface area contributed by atoms with Crippen LogP contribution in [0.5, 0.6) is 5.88 Å². The summed E-state index contributed by atoms with van der Waals surface area (Å²) in [5.41, 5.74) is 0. The Labute approximate surface area is 115 Å². The van der Waals surface area contributed by atoms with Crippen LogP contribution in [0.3, 0.4) is 0 Å². The first-order chi connectivity index (χ1) is 8.93. The summed E-state index contributed by atoms with van der Waals surface area (Å²) in [6, 6.07) is 1.53. The second kappa shape index (κ2) is 7.08. The first kappa shape index (κ1) is 15.4. The molecule has 19 heavy (non-hydrogen) atoms. The Morgan fingerprint density at radius 2 is 2.21 bits per heavy atom. The number of nitrogens with zero attached hydrogens (tertiary/aromatic N) is 1. The first-order valence-electron chi connectivity index (χ1n) is 5.95. The zero-order chi connectivity index (χ0) is 14.4. The summed E-state index contributed by atoms with van der Waals surface area (Å²) in [5, 5.41) is 11.7. The van der Waals surface area contributed by atoms with Crippen LogP contribution in [0.2, 0.25) is 0 Å². The highest BCUT2D eigenvalue weighted by molar-refractivity contribution is 7.08. The Morgan fingerprint density at radius 3 is 2.68 bits per heavy atom. The number of methoxy groups -OCH3 is 1. The van der Waals surface area contributed by atoms with Gasteiger partial charge in [0.1, 0.15) is 4.88 Å². The number of nitrogens with one attached hydrogen (secondary N) is 1. The van der Waals surface area contributed by atoms with Crippen LogP contribution >= 0.6 is 11.5 Å². The minimum Gasteiger partial charge on any atom is -0.481 e. The molecule has 0 spiro atoms. The molecule has 106 valence electrons. The molecule has 1 amide bonds. The summed E-state index contributed by atoms with van der Waals surface area (Å²) < 4.78 is 8.80. The van der Waals surface area contributed by atoms with Crippen LogP contribution in [-0.2, 0) is 4.79 Å². The summed E-state index contributed by atoms with van der Waals surface area (Å²) in [4.78, 5) is 23.3. The predicted molar refractivity (Wildman–Crippen MR) is 71.6 cm³/mol. The molecule has 0 aliphatic heterocycles. The van der Waals surface area contributed by atoms with Crippen molar-refractivity contribution in [2.45, 2.75) is 20.3 Å². The first-order valence-corrected chi connectivity index (χ1v) is 6.73. The van der Waals surface area contributed by atoms with Crippen molar-refractivity contribution in [3.8, 4) is 5.88 Å². The van der Waals surface area contributed by atoms with Gasteiger partial charge in [-0.15, -0.1) is 0 Å². The standard InChI is InChI=1S/C12H18N2O4S/c1-7(2)4-8(12(16)17)6-13-11(15)9-5-10(18-3)14-19-9/h5,7-8H,4,6H2,1-3H3,(H,13,15)(H,16,17)/t8-/m1/s1. The van der Waals surface area contributed by atoms with Gasteiger partial charge in [-0.3, -0.25) is 9.59 Å². The maximum absolute atomic E-state index is 11.8. The van der Waals surface area contributed by atoms with Crippen molar-refractivity contribution >= 4 is 23.4 Å². The average molecular weight is 286 g/mol. The number of carboxylic acids is 1. The molecule has 0 saturated carbocycles. The number of hydrogen-bond donors (Lipinski definition) is 2. The number of hydrogen-bond acceptors (Lipinski definition) is 5. The molecule has 0 radical (unpaired) electrons. The fourth-order valence-electron chi connectivity index (χ4n) is 1.61. The number of carboxylic acid groups (broad SMARTS) is 1. The minimum absolute atomic E-state index is 0.118. The van der Waals surface area contributed by atoms with Crippen molar-refractivity contribution in [1.29, 1.82) is 0 Å². The van der Waals surface area contributed by atoms with Gasteiger partial charge in [-0.2, -0.15) is 4.37 Å². The lowest BCUT2D eigenvalue weighted by Crippen LogP contribution is -2.33. The molecule has 1 aromatic heterocycles. The number of rotatable bonds is 7. The van der Waals surface area contributed by atoms with Gasteiger partial charge in [0.25, 0.3) is 5.91 Å². The summed E-state index contributed by atoms with van der Waals surface area (Å²) in [5.74, 6) is -1.14. The minimum atomic E-state index is -0.893. The molecule has 0 unspecified atom stereocenters.